The summed E-state index contributed by atoms with van der Waals surface area (Å²) in [6.07, 6.45) is 1.08. The maximum Gasteiger partial charge on any atom is 0.143 e. The zero-order chi connectivity index (χ0) is 14.8. The molecular formula is C15H26N4O. The van der Waals surface area contributed by atoms with E-state index >= 15 is 0 Å². The van der Waals surface area contributed by atoms with Crippen molar-refractivity contribution in [3.63, 3.8) is 0 Å². The van der Waals surface area contributed by atoms with Gasteiger partial charge in [0.15, 0.2) is 0 Å². The van der Waals surface area contributed by atoms with Crippen LogP contribution in [0.15, 0.2) is 35.5 Å². The molecule has 0 aliphatic heterocycles. The van der Waals surface area contributed by atoms with E-state index < -0.39 is 0 Å². The van der Waals surface area contributed by atoms with E-state index in [0.717, 1.165) is 32.6 Å². The lowest BCUT2D eigenvalue weighted by Gasteiger charge is -2.17. The van der Waals surface area contributed by atoms with Gasteiger partial charge in [0.05, 0.1) is 0 Å². The molecule has 5 heteroatoms. The number of hydrogen-bond acceptors (Lipinski definition) is 4. The standard InChI is InChI=1S/C15H26N4O/c1-13(15(16)18-20)11-17-9-6-10-19(2)12-14-7-4-3-5-8-14/h3-5,7-8,13,17,20H,6,9-12H2,1-2H3,(H2,16,18). The monoisotopic (exact) mass is 278 g/mol. The number of benzene rings is 1. The average molecular weight is 278 g/mol. The quantitative estimate of drug-likeness (QED) is 0.210. The van der Waals surface area contributed by atoms with Gasteiger partial charge in [-0.3, -0.25) is 0 Å². The third kappa shape index (κ3) is 6.54. The number of hydrogen-bond donors (Lipinski definition) is 3. The molecule has 0 heterocycles. The minimum Gasteiger partial charge on any atom is -0.409 e. The van der Waals surface area contributed by atoms with Gasteiger partial charge in [-0.2, -0.15) is 0 Å². The summed E-state index contributed by atoms with van der Waals surface area (Å²) in [7, 11) is 2.13. The highest BCUT2D eigenvalue weighted by atomic mass is 16.4. The number of nitrogens with zero attached hydrogens (tertiary/aromatic N) is 2. The molecule has 0 radical (unpaired) electrons. The van der Waals surface area contributed by atoms with Crippen molar-refractivity contribution in [1.29, 1.82) is 0 Å². The van der Waals surface area contributed by atoms with E-state index in [0.29, 0.717) is 0 Å². The lowest BCUT2D eigenvalue weighted by Crippen LogP contribution is -2.32. The van der Waals surface area contributed by atoms with Crippen LogP contribution in [-0.4, -0.2) is 42.6 Å². The second-order valence-corrected chi connectivity index (χ2v) is 5.21. The van der Waals surface area contributed by atoms with Crippen molar-refractivity contribution in [2.24, 2.45) is 16.8 Å². The van der Waals surface area contributed by atoms with E-state index in [1.54, 1.807) is 0 Å². The van der Waals surface area contributed by atoms with E-state index in [-0.39, 0.29) is 11.8 Å². The van der Waals surface area contributed by atoms with Gasteiger partial charge in [-0.15, -0.1) is 0 Å². The van der Waals surface area contributed by atoms with Gasteiger partial charge in [0, 0.05) is 19.0 Å². The summed E-state index contributed by atoms with van der Waals surface area (Å²) in [5.74, 6) is 0.334. The van der Waals surface area contributed by atoms with E-state index in [4.69, 9.17) is 10.9 Å². The van der Waals surface area contributed by atoms with Gasteiger partial charge in [0.25, 0.3) is 0 Å². The fraction of sp³-hybridized carbons (Fsp3) is 0.533. The molecule has 0 bridgehead atoms. The molecule has 0 amide bonds. The largest absolute Gasteiger partial charge is 0.409 e. The number of amidine groups is 1. The normalized spacial score (nSPS) is 13.7. The Morgan fingerprint density at radius 3 is 2.75 bits per heavy atom. The van der Waals surface area contributed by atoms with Crippen molar-refractivity contribution in [2.45, 2.75) is 19.9 Å². The molecule has 0 fully saturated rings. The summed E-state index contributed by atoms with van der Waals surface area (Å²) in [6.45, 7) is 5.62. The molecule has 20 heavy (non-hydrogen) atoms. The smallest absolute Gasteiger partial charge is 0.143 e. The van der Waals surface area contributed by atoms with E-state index in [1.165, 1.54) is 5.56 Å². The van der Waals surface area contributed by atoms with E-state index in [2.05, 4.69) is 46.7 Å². The van der Waals surface area contributed by atoms with Crippen LogP contribution in [0.1, 0.15) is 18.9 Å². The van der Waals surface area contributed by atoms with Gasteiger partial charge < -0.3 is 21.2 Å². The molecule has 1 aromatic carbocycles. The molecule has 0 aliphatic carbocycles. The van der Waals surface area contributed by atoms with Gasteiger partial charge in [0.2, 0.25) is 0 Å². The zero-order valence-corrected chi connectivity index (χ0v) is 12.4. The lowest BCUT2D eigenvalue weighted by molar-refractivity contribution is 0.312. The second-order valence-electron chi connectivity index (χ2n) is 5.21. The minimum atomic E-state index is 0.0575. The first-order valence-electron chi connectivity index (χ1n) is 7.04. The Balaban J connectivity index is 2.09. The topological polar surface area (TPSA) is 73.9 Å². The number of nitrogens with one attached hydrogen (secondary N) is 1. The van der Waals surface area contributed by atoms with E-state index in [9.17, 15) is 0 Å². The second kappa shape index (κ2) is 9.34. The lowest BCUT2D eigenvalue weighted by atomic mass is 10.1. The number of rotatable bonds is 9. The summed E-state index contributed by atoms with van der Waals surface area (Å²) < 4.78 is 0. The molecule has 5 nitrogen and oxygen atoms in total. The predicted molar refractivity (Wildman–Crippen MR) is 82.8 cm³/mol. The first-order chi connectivity index (χ1) is 9.63. The van der Waals surface area contributed by atoms with Crippen LogP contribution < -0.4 is 11.1 Å². The van der Waals surface area contributed by atoms with Gasteiger partial charge in [0.1, 0.15) is 5.84 Å². The molecule has 0 aromatic heterocycles. The summed E-state index contributed by atoms with van der Waals surface area (Å²) >= 11 is 0. The Morgan fingerprint density at radius 1 is 1.40 bits per heavy atom. The van der Waals surface area contributed by atoms with Crippen LogP contribution in [0.4, 0.5) is 0 Å². The van der Waals surface area contributed by atoms with Crippen molar-refractivity contribution in [3.05, 3.63) is 35.9 Å². The molecule has 0 saturated carbocycles. The van der Waals surface area contributed by atoms with Crippen molar-refractivity contribution < 1.29 is 5.21 Å². The van der Waals surface area contributed by atoms with Crippen LogP contribution in [0.25, 0.3) is 0 Å². The molecule has 0 spiro atoms. The Bertz CT molecular complexity index is 394. The highest BCUT2D eigenvalue weighted by Gasteiger charge is 2.06. The average Bonchev–Trinajstić information content (AvgIpc) is 2.46. The summed E-state index contributed by atoms with van der Waals surface area (Å²) in [4.78, 5) is 2.31. The van der Waals surface area contributed by atoms with Crippen LogP contribution in [-0.2, 0) is 6.54 Å². The molecule has 1 rings (SSSR count). The maximum atomic E-state index is 8.55. The fourth-order valence-electron chi connectivity index (χ4n) is 1.97. The number of nitrogens with two attached hydrogens (primary N) is 1. The Labute approximate surface area is 121 Å². The van der Waals surface area contributed by atoms with Crippen LogP contribution in [0.5, 0.6) is 0 Å². The van der Waals surface area contributed by atoms with Crippen LogP contribution in [0.3, 0.4) is 0 Å². The molecule has 4 N–H and O–H groups in total. The van der Waals surface area contributed by atoms with Gasteiger partial charge in [-0.1, -0.05) is 42.4 Å². The highest BCUT2D eigenvalue weighted by molar-refractivity contribution is 5.82. The molecule has 112 valence electrons. The summed E-state index contributed by atoms with van der Waals surface area (Å²) in [5.41, 5.74) is 6.85. The van der Waals surface area contributed by atoms with Crippen molar-refractivity contribution >= 4 is 5.84 Å². The zero-order valence-electron chi connectivity index (χ0n) is 12.4. The molecule has 1 aromatic rings. The fourth-order valence-corrected chi connectivity index (χ4v) is 1.97. The molecule has 1 unspecified atom stereocenters. The van der Waals surface area contributed by atoms with Crippen molar-refractivity contribution in [2.75, 3.05) is 26.7 Å². The van der Waals surface area contributed by atoms with Gasteiger partial charge in [-0.25, -0.2) is 0 Å². The van der Waals surface area contributed by atoms with Gasteiger partial charge in [-0.05, 0) is 32.1 Å². The predicted octanol–water partition coefficient (Wildman–Crippen LogP) is 1.48. The van der Waals surface area contributed by atoms with Crippen LogP contribution in [0.2, 0.25) is 0 Å². The summed E-state index contributed by atoms with van der Waals surface area (Å²) in [5, 5.41) is 14.9. The molecular weight excluding hydrogens is 252 g/mol. The minimum absolute atomic E-state index is 0.0575. The van der Waals surface area contributed by atoms with Gasteiger partial charge >= 0.3 is 0 Å². The Morgan fingerprint density at radius 2 is 2.10 bits per heavy atom. The molecule has 0 saturated heterocycles. The summed E-state index contributed by atoms with van der Waals surface area (Å²) in [6, 6.07) is 10.5. The SMILES string of the molecule is CC(CNCCCN(C)Cc1ccccc1)C(N)=NO. The number of oxime groups is 1. The maximum absolute atomic E-state index is 8.55. The van der Waals surface area contributed by atoms with Crippen molar-refractivity contribution in [1.82, 2.24) is 10.2 Å². The third-order valence-corrected chi connectivity index (χ3v) is 3.26. The Kier molecular flexibility index (Phi) is 7.69. The first-order valence-corrected chi connectivity index (χ1v) is 7.04. The highest BCUT2D eigenvalue weighted by Crippen LogP contribution is 2.02. The molecule has 1 atom stereocenters. The van der Waals surface area contributed by atoms with E-state index in [1.807, 2.05) is 13.0 Å². The van der Waals surface area contributed by atoms with Crippen LogP contribution in [0, 0.1) is 5.92 Å². The first kappa shape index (κ1) is 16.5. The van der Waals surface area contributed by atoms with Crippen LogP contribution >= 0.6 is 0 Å². The van der Waals surface area contributed by atoms with Crippen molar-refractivity contribution in [3.8, 4) is 0 Å². The third-order valence-electron chi connectivity index (χ3n) is 3.26. The molecule has 0 aliphatic rings. The Hall–Kier alpha value is -1.59.